The van der Waals surface area contributed by atoms with Crippen molar-refractivity contribution >= 4 is 17.3 Å². The Kier molecular flexibility index (Phi) is 4.92. The van der Waals surface area contributed by atoms with Gasteiger partial charge in [0.15, 0.2) is 5.82 Å². The number of hydrogen-bond donors (Lipinski definition) is 2. The minimum atomic E-state index is -0.797. The number of rotatable bonds is 5. The number of halogens is 3. The maximum Gasteiger partial charge on any atom is 0.150 e. The highest BCUT2D eigenvalue weighted by atomic mass is 35.5. The van der Waals surface area contributed by atoms with E-state index in [-0.39, 0.29) is 23.9 Å². The van der Waals surface area contributed by atoms with Crippen LogP contribution in [0.4, 0.5) is 14.5 Å². The molecule has 0 saturated carbocycles. The van der Waals surface area contributed by atoms with Gasteiger partial charge in [-0.3, -0.25) is 0 Å². The van der Waals surface area contributed by atoms with Crippen LogP contribution in [-0.4, -0.2) is 31.5 Å². The molecule has 1 rings (SSSR count). The van der Waals surface area contributed by atoms with Crippen LogP contribution in [-0.2, 0) is 4.74 Å². The molecule has 6 heteroatoms. The quantitative estimate of drug-likeness (QED) is 0.842. The van der Waals surface area contributed by atoms with Crippen LogP contribution in [0.5, 0.6) is 0 Å². The van der Waals surface area contributed by atoms with Crippen molar-refractivity contribution in [2.24, 2.45) is 0 Å². The zero-order valence-electron chi connectivity index (χ0n) is 8.64. The number of aliphatic hydroxyl groups excluding tert-OH is 1. The second-order valence-electron chi connectivity index (χ2n) is 3.23. The lowest BCUT2D eigenvalue weighted by atomic mass is 10.2. The molecule has 90 valence electrons. The average molecular weight is 252 g/mol. The van der Waals surface area contributed by atoms with Gasteiger partial charge in [-0.2, -0.15) is 0 Å². The molecule has 0 spiro atoms. The third kappa shape index (κ3) is 3.59. The van der Waals surface area contributed by atoms with Crippen molar-refractivity contribution in [1.29, 1.82) is 0 Å². The Hall–Kier alpha value is -0.910. The fraction of sp³-hybridized carbons (Fsp3) is 0.400. The Morgan fingerprint density at radius 1 is 1.50 bits per heavy atom. The highest BCUT2D eigenvalue weighted by molar-refractivity contribution is 6.33. The molecule has 0 aliphatic carbocycles. The second kappa shape index (κ2) is 5.98. The molecule has 3 nitrogen and oxygen atoms in total. The molecule has 1 unspecified atom stereocenters. The first kappa shape index (κ1) is 13.2. The van der Waals surface area contributed by atoms with Gasteiger partial charge < -0.3 is 15.2 Å². The largest absolute Gasteiger partial charge is 0.389 e. The molecule has 0 amide bonds. The van der Waals surface area contributed by atoms with E-state index in [1.54, 1.807) is 0 Å². The summed E-state index contributed by atoms with van der Waals surface area (Å²) in [5.74, 6) is -1.54. The Balaban J connectivity index is 2.67. The van der Waals surface area contributed by atoms with Gasteiger partial charge in [0.2, 0.25) is 0 Å². The molecule has 0 bridgehead atoms. The lowest BCUT2D eigenvalue weighted by molar-refractivity contribution is 0.0727. The summed E-state index contributed by atoms with van der Waals surface area (Å²) in [6, 6.07) is 1.71. The normalized spacial score (nSPS) is 12.6. The molecular formula is C10H12ClF2NO2. The van der Waals surface area contributed by atoms with Crippen LogP contribution in [0.15, 0.2) is 12.1 Å². The van der Waals surface area contributed by atoms with Crippen LogP contribution in [0, 0.1) is 11.6 Å². The fourth-order valence-corrected chi connectivity index (χ4v) is 1.44. The predicted octanol–water partition coefficient (Wildman–Crippen LogP) is 2.04. The van der Waals surface area contributed by atoms with Gasteiger partial charge in [-0.05, 0) is 6.07 Å². The van der Waals surface area contributed by atoms with Gasteiger partial charge in [0, 0.05) is 19.7 Å². The number of nitrogens with one attached hydrogen (secondary N) is 1. The summed E-state index contributed by atoms with van der Waals surface area (Å²) in [5, 5.41) is 11.8. The standard InChI is InChI=1S/C10H12ClF2NO2/c1-16-5-7(15)4-14-10-8(11)2-6(12)3-9(10)13/h2-3,7,14-15H,4-5H2,1H3. The van der Waals surface area contributed by atoms with Crippen LogP contribution in [0.3, 0.4) is 0 Å². The maximum absolute atomic E-state index is 13.2. The zero-order chi connectivity index (χ0) is 12.1. The topological polar surface area (TPSA) is 41.5 Å². The van der Waals surface area contributed by atoms with Crippen LogP contribution >= 0.6 is 11.6 Å². The van der Waals surface area contributed by atoms with Crippen molar-refractivity contribution in [1.82, 2.24) is 0 Å². The van der Waals surface area contributed by atoms with Gasteiger partial charge in [0.25, 0.3) is 0 Å². The number of aliphatic hydroxyl groups is 1. The number of methoxy groups -OCH3 is 1. The molecule has 0 aromatic heterocycles. The van der Waals surface area contributed by atoms with E-state index in [2.05, 4.69) is 5.32 Å². The van der Waals surface area contributed by atoms with Crippen molar-refractivity contribution in [2.75, 3.05) is 25.6 Å². The Labute approximate surface area is 97.0 Å². The van der Waals surface area contributed by atoms with E-state index in [0.717, 1.165) is 12.1 Å². The Bertz CT molecular complexity index is 340. The molecule has 0 saturated heterocycles. The fourth-order valence-electron chi connectivity index (χ4n) is 1.18. The van der Waals surface area contributed by atoms with E-state index in [9.17, 15) is 13.9 Å². The predicted molar refractivity (Wildman–Crippen MR) is 57.7 cm³/mol. The van der Waals surface area contributed by atoms with Crippen LogP contribution in [0.1, 0.15) is 0 Å². The molecule has 0 heterocycles. The Morgan fingerprint density at radius 2 is 2.19 bits per heavy atom. The van der Waals surface area contributed by atoms with Crippen molar-refractivity contribution < 1.29 is 18.6 Å². The molecule has 16 heavy (non-hydrogen) atoms. The molecule has 0 aliphatic rings. The number of anilines is 1. The summed E-state index contributed by atoms with van der Waals surface area (Å²) in [4.78, 5) is 0. The first-order valence-corrected chi connectivity index (χ1v) is 4.97. The lowest BCUT2D eigenvalue weighted by Gasteiger charge is -2.13. The van der Waals surface area contributed by atoms with Crippen LogP contribution < -0.4 is 5.32 Å². The van der Waals surface area contributed by atoms with E-state index in [1.807, 2.05) is 0 Å². The molecule has 1 aromatic carbocycles. The van der Waals surface area contributed by atoms with Crippen molar-refractivity contribution in [3.8, 4) is 0 Å². The van der Waals surface area contributed by atoms with Crippen molar-refractivity contribution in [3.63, 3.8) is 0 Å². The maximum atomic E-state index is 13.2. The van der Waals surface area contributed by atoms with Gasteiger partial charge in [0.1, 0.15) is 5.82 Å². The summed E-state index contributed by atoms with van der Waals surface area (Å²) >= 11 is 5.64. The average Bonchev–Trinajstić information content (AvgIpc) is 2.16. The van der Waals surface area contributed by atoms with E-state index in [4.69, 9.17) is 16.3 Å². The summed E-state index contributed by atoms with van der Waals surface area (Å²) in [6.07, 6.45) is -0.787. The highest BCUT2D eigenvalue weighted by Crippen LogP contribution is 2.26. The van der Waals surface area contributed by atoms with Crippen molar-refractivity contribution in [3.05, 3.63) is 28.8 Å². The van der Waals surface area contributed by atoms with Gasteiger partial charge >= 0.3 is 0 Å². The summed E-state index contributed by atoms with van der Waals surface area (Å²) in [7, 11) is 1.44. The molecule has 0 fully saturated rings. The van der Waals surface area contributed by atoms with Crippen LogP contribution in [0.2, 0.25) is 5.02 Å². The third-order valence-electron chi connectivity index (χ3n) is 1.88. The molecule has 1 aromatic rings. The highest BCUT2D eigenvalue weighted by Gasteiger charge is 2.11. The van der Waals surface area contributed by atoms with Gasteiger partial charge in [-0.25, -0.2) is 8.78 Å². The van der Waals surface area contributed by atoms with Gasteiger partial charge in [-0.1, -0.05) is 11.6 Å². The summed E-state index contributed by atoms with van der Waals surface area (Å²) < 4.78 is 30.6. The lowest BCUT2D eigenvalue weighted by Crippen LogP contribution is -2.24. The minimum absolute atomic E-state index is 0.0294. The molecule has 0 radical (unpaired) electrons. The number of benzene rings is 1. The Morgan fingerprint density at radius 3 is 2.75 bits per heavy atom. The molecular weight excluding hydrogens is 240 g/mol. The third-order valence-corrected chi connectivity index (χ3v) is 2.18. The van der Waals surface area contributed by atoms with E-state index < -0.39 is 17.7 Å². The summed E-state index contributed by atoms with van der Waals surface area (Å²) in [6.45, 7) is 0.184. The number of hydrogen-bond acceptors (Lipinski definition) is 3. The molecule has 2 N–H and O–H groups in total. The van der Waals surface area contributed by atoms with Crippen molar-refractivity contribution in [2.45, 2.75) is 6.10 Å². The van der Waals surface area contributed by atoms with Gasteiger partial charge in [-0.15, -0.1) is 0 Å². The van der Waals surface area contributed by atoms with E-state index in [1.165, 1.54) is 7.11 Å². The van der Waals surface area contributed by atoms with E-state index >= 15 is 0 Å². The first-order chi connectivity index (χ1) is 7.54. The SMILES string of the molecule is COCC(O)CNc1c(F)cc(F)cc1Cl. The minimum Gasteiger partial charge on any atom is -0.389 e. The molecule has 0 aliphatic heterocycles. The smallest absolute Gasteiger partial charge is 0.150 e. The summed E-state index contributed by atoms with van der Waals surface area (Å²) in [5.41, 5.74) is -0.0294. The number of ether oxygens (including phenoxy) is 1. The second-order valence-corrected chi connectivity index (χ2v) is 3.64. The van der Waals surface area contributed by atoms with Crippen LogP contribution in [0.25, 0.3) is 0 Å². The van der Waals surface area contributed by atoms with Gasteiger partial charge in [0.05, 0.1) is 23.4 Å². The molecule has 1 atom stereocenters. The zero-order valence-corrected chi connectivity index (χ0v) is 9.39. The van der Waals surface area contributed by atoms with E-state index in [0.29, 0.717) is 0 Å². The first-order valence-electron chi connectivity index (χ1n) is 4.60. The monoisotopic (exact) mass is 251 g/mol.